The lowest BCUT2D eigenvalue weighted by Gasteiger charge is -2.10. The number of rotatable bonds is 6. The fraction of sp³-hybridized carbons (Fsp3) is 0.227. The molecule has 3 aromatic heterocycles. The van der Waals surface area contributed by atoms with Crippen LogP contribution in [-0.2, 0) is 0 Å². The van der Waals surface area contributed by atoms with Gasteiger partial charge in [0.05, 0.1) is 0 Å². The van der Waals surface area contributed by atoms with E-state index in [2.05, 4.69) is 25.4 Å². The number of carbonyl (C=O) groups excluding carboxylic acids is 1. The van der Waals surface area contributed by atoms with E-state index in [4.69, 9.17) is 9.26 Å². The third kappa shape index (κ3) is 4.16. The number of aryl methyl sites for hydroxylation is 2. The number of anilines is 1. The molecule has 0 radical (unpaired) electrons. The Bertz CT molecular complexity index is 1240. The van der Waals surface area contributed by atoms with Crippen molar-refractivity contribution in [1.29, 1.82) is 0 Å². The van der Waals surface area contributed by atoms with Crippen molar-refractivity contribution in [2.45, 2.75) is 32.6 Å². The molecule has 0 bridgehead atoms. The van der Waals surface area contributed by atoms with Gasteiger partial charge in [0, 0.05) is 36.1 Å². The highest BCUT2D eigenvalue weighted by Crippen LogP contribution is 2.40. The SMILES string of the molecule is Cc1nc(Oc2ccc(NC(=O)c3cc(C4CC4)on3)cc2)cc(-n2ccnc2C)n1. The third-order valence-electron chi connectivity index (χ3n) is 4.95. The van der Waals surface area contributed by atoms with Crippen molar-refractivity contribution in [3.8, 4) is 17.4 Å². The van der Waals surface area contributed by atoms with Gasteiger partial charge in [-0.2, -0.15) is 4.98 Å². The smallest absolute Gasteiger partial charge is 0.277 e. The Hall–Kier alpha value is -4.01. The number of aromatic nitrogens is 5. The summed E-state index contributed by atoms with van der Waals surface area (Å²) in [5, 5.41) is 6.67. The second-order valence-electron chi connectivity index (χ2n) is 7.43. The molecule has 1 aliphatic rings. The molecule has 0 spiro atoms. The first kappa shape index (κ1) is 19.0. The van der Waals surface area contributed by atoms with Gasteiger partial charge < -0.3 is 14.6 Å². The first-order valence-electron chi connectivity index (χ1n) is 9.97. The highest BCUT2D eigenvalue weighted by molar-refractivity contribution is 6.02. The summed E-state index contributed by atoms with van der Waals surface area (Å²) in [6.07, 6.45) is 5.73. The van der Waals surface area contributed by atoms with Crippen molar-refractivity contribution in [3.63, 3.8) is 0 Å². The Labute approximate surface area is 178 Å². The highest BCUT2D eigenvalue weighted by atomic mass is 16.5. The van der Waals surface area contributed by atoms with Crippen molar-refractivity contribution in [1.82, 2.24) is 24.7 Å². The molecule has 0 saturated heterocycles. The van der Waals surface area contributed by atoms with Gasteiger partial charge in [0.2, 0.25) is 5.88 Å². The van der Waals surface area contributed by atoms with Crippen LogP contribution in [0.15, 0.2) is 53.3 Å². The fourth-order valence-electron chi connectivity index (χ4n) is 3.20. The van der Waals surface area contributed by atoms with Crippen LogP contribution in [0.2, 0.25) is 0 Å². The predicted octanol–water partition coefficient (Wildman–Crippen LogP) is 4.19. The molecule has 31 heavy (non-hydrogen) atoms. The van der Waals surface area contributed by atoms with Gasteiger partial charge in [0.25, 0.3) is 5.91 Å². The third-order valence-corrected chi connectivity index (χ3v) is 4.95. The maximum Gasteiger partial charge on any atom is 0.277 e. The molecule has 1 N–H and O–H groups in total. The molecule has 4 aromatic rings. The molecule has 1 aliphatic carbocycles. The monoisotopic (exact) mass is 416 g/mol. The van der Waals surface area contributed by atoms with Crippen LogP contribution >= 0.6 is 0 Å². The normalized spacial score (nSPS) is 13.2. The van der Waals surface area contributed by atoms with Crippen molar-refractivity contribution in [2.24, 2.45) is 0 Å². The molecular formula is C22H20N6O3. The standard InChI is InChI=1S/C22H20N6O3/c1-13-24-20(28-10-9-23-14(28)2)12-21(25-13)30-17-7-5-16(6-8-17)26-22(29)18-11-19(31-27-18)15-3-4-15/h5-12,15H,3-4H2,1-2H3,(H,26,29). The van der Waals surface area contributed by atoms with Crippen LogP contribution in [0.4, 0.5) is 5.69 Å². The van der Waals surface area contributed by atoms with E-state index in [0.29, 0.717) is 34.9 Å². The quantitative estimate of drug-likeness (QED) is 0.502. The zero-order valence-corrected chi connectivity index (χ0v) is 17.1. The van der Waals surface area contributed by atoms with Crippen molar-refractivity contribution < 1.29 is 14.1 Å². The fourth-order valence-corrected chi connectivity index (χ4v) is 3.20. The zero-order chi connectivity index (χ0) is 21.4. The highest BCUT2D eigenvalue weighted by Gasteiger charge is 2.28. The Morgan fingerprint density at radius 1 is 1.16 bits per heavy atom. The van der Waals surface area contributed by atoms with Gasteiger partial charge >= 0.3 is 0 Å². The van der Waals surface area contributed by atoms with Crippen LogP contribution in [0.1, 0.15) is 46.7 Å². The number of nitrogens with zero attached hydrogens (tertiary/aromatic N) is 5. The summed E-state index contributed by atoms with van der Waals surface area (Å²) in [4.78, 5) is 25.4. The minimum Gasteiger partial charge on any atom is -0.439 e. The minimum absolute atomic E-state index is 0.279. The molecule has 5 rings (SSSR count). The maximum absolute atomic E-state index is 12.4. The first-order chi connectivity index (χ1) is 15.0. The Morgan fingerprint density at radius 2 is 1.97 bits per heavy atom. The average molecular weight is 416 g/mol. The summed E-state index contributed by atoms with van der Waals surface area (Å²) >= 11 is 0. The molecule has 0 aliphatic heterocycles. The average Bonchev–Trinajstić information content (AvgIpc) is 3.31. The van der Waals surface area contributed by atoms with Crippen LogP contribution in [0.5, 0.6) is 11.6 Å². The second kappa shape index (κ2) is 7.67. The zero-order valence-electron chi connectivity index (χ0n) is 17.1. The number of ether oxygens (including phenoxy) is 1. The van der Waals surface area contributed by atoms with E-state index >= 15 is 0 Å². The van der Waals surface area contributed by atoms with Gasteiger partial charge in [0.15, 0.2) is 5.69 Å². The van der Waals surface area contributed by atoms with Crippen molar-refractivity contribution >= 4 is 11.6 Å². The largest absolute Gasteiger partial charge is 0.439 e. The Morgan fingerprint density at radius 3 is 2.68 bits per heavy atom. The lowest BCUT2D eigenvalue weighted by molar-refractivity contribution is 0.101. The molecule has 156 valence electrons. The Kier molecular flexibility index (Phi) is 4.70. The van der Waals surface area contributed by atoms with E-state index in [1.54, 1.807) is 49.5 Å². The predicted molar refractivity (Wildman–Crippen MR) is 112 cm³/mol. The van der Waals surface area contributed by atoms with Crippen LogP contribution in [0, 0.1) is 13.8 Å². The Balaban J connectivity index is 1.27. The van der Waals surface area contributed by atoms with E-state index in [-0.39, 0.29) is 11.6 Å². The molecule has 1 aromatic carbocycles. The molecule has 0 unspecified atom stereocenters. The molecule has 1 fully saturated rings. The lowest BCUT2D eigenvalue weighted by Crippen LogP contribution is -2.12. The molecule has 3 heterocycles. The second-order valence-corrected chi connectivity index (χ2v) is 7.43. The number of amides is 1. The summed E-state index contributed by atoms with van der Waals surface area (Å²) in [6, 6.07) is 10.5. The number of hydrogen-bond donors (Lipinski definition) is 1. The van der Waals surface area contributed by atoms with Crippen LogP contribution in [0.25, 0.3) is 5.82 Å². The molecule has 1 amide bonds. The van der Waals surface area contributed by atoms with Crippen molar-refractivity contribution in [3.05, 3.63) is 71.9 Å². The topological polar surface area (TPSA) is 108 Å². The summed E-state index contributed by atoms with van der Waals surface area (Å²) in [5.41, 5.74) is 0.905. The van der Waals surface area contributed by atoms with Crippen LogP contribution in [0.3, 0.4) is 0 Å². The van der Waals surface area contributed by atoms with Gasteiger partial charge in [-0.25, -0.2) is 9.97 Å². The van der Waals surface area contributed by atoms with Crippen molar-refractivity contribution in [2.75, 3.05) is 5.32 Å². The van der Waals surface area contributed by atoms with Gasteiger partial charge in [-0.15, -0.1) is 0 Å². The lowest BCUT2D eigenvalue weighted by atomic mass is 10.2. The van der Waals surface area contributed by atoms with Gasteiger partial charge in [-0.1, -0.05) is 5.16 Å². The van der Waals surface area contributed by atoms with E-state index in [1.807, 2.05) is 17.7 Å². The van der Waals surface area contributed by atoms with E-state index in [9.17, 15) is 4.79 Å². The number of hydrogen-bond acceptors (Lipinski definition) is 7. The molecule has 9 nitrogen and oxygen atoms in total. The molecule has 9 heteroatoms. The van der Waals surface area contributed by atoms with E-state index in [1.165, 1.54) is 0 Å². The summed E-state index contributed by atoms with van der Waals surface area (Å²) in [6.45, 7) is 3.70. The molecule has 0 atom stereocenters. The first-order valence-corrected chi connectivity index (χ1v) is 9.97. The summed E-state index contributed by atoms with van der Waals surface area (Å²) in [7, 11) is 0. The molecular weight excluding hydrogens is 396 g/mol. The minimum atomic E-state index is -0.309. The number of imidazole rings is 1. The van der Waals surface area contributed by atoms with Crippen LogP contribution in [-0.4, -0.2) is 30.6 Å². The van der Waals surface area contributed by atoms with Gasteiger partial charge in [0.1, 0.15) is 29.0 Å². The maximum atomic E-state index is 12.4. The van der Waals surface area contributed by atoms with E-state index in [0.717, 1.165) is 24.4 Å². The van der Waals surface area contributed by atoms with Gasteiger partial charge in [-0.05, 0) is 51.0 Å². The van der Waals surface area contributed by atoms with Gasteiger partial charge in [-0.3, -0.25) is 9.36 Å². The number of benzene rings is 1. The van der Waals surface area contributed by atoms with Crippen LogP contribution < -0.4 is 10.1 Å². The van der Waals surface area contributed by atoms with E-state index < -0.39 is 0 Å². The molecule has 1 saturated carbocycles. The summed E-state index contributed by atoms with van der Waals surface area (Å²) in [5.74, 6) is 3.97. The number of carbonyl (C=O) groups is 1. The summed E-state index contributed by atoms with van der Waals surface area (Å²) < 4.78 is 13.0. The number of nitrogens with one attached hydrogen (secondary N) is 1.